The zero-order chi connectivity index (χ0) is 13.2. The molecule has 4 heteroatoms. The topological polar surface area (TPSA) is 41.9 Å². The van der Waals surface area contributed by atoms with E-state index in [2.05, 4.69) is 53.0 Å². The summed E-state index contributed by atoms with van der Waals surface area (Å²) in [5, 5.41) is 11.6. The molecule has 100 valence electrons. The summed E-state index contributed by atoms with van der Waals surface area (Å²) in [7, 11) is 2.00. The minimum Gasteiger partial charge on any atom is -0.380 e. The van der Waals surface area contributed by atoms with Gasteiger partial charge in [0.05, 0.1) is 5.69 Å². The Hall–Kier alpha value is -1.97. The molecule has 19 heavy (non-hydrogen) atoms. The van der Waals surface area contributed by atoms with E-state index in [4.69, 9.17) is 0 Å². The number of hydrogen-bond donors (Lipinski definition) is 2. The third-order valence-electron chi connectivity index (χ3n) is 3.77. The molecule has 1 aromatic heterocycles. The Labute approximate surface area is 113 Å². The number of hydrogen-bond acceptors (Lipinski definition) is 3. The molecule has 0 fully saturated rings. The highest BCUT2D eigenvalue weighted by molar-refractivity contribution is 5.69. The summed E-state index contributed by atoms with van der Waals surface area (Å²) in [5.41, 5.74) is 3.68. The smallest absolute Gasteiger partial charge is 0.148 e. The third-order valence-corrected chi connectivity index (χ3v) is 3.77. The molecule has 4 nitrogen and oxygen atoms in total. The van der Waals surface area contributed by atoms with Crippen molar-refractivity contribution >= 4 is 11.5 Å². The van der Waals surface area contributed by atoms with Crippen molar-refractivity contribution in [3.63, 3.8) is 0 Å². The van der Waals surface area contributed by atoms with Gasteiger partial charge in [0.2, 0.25) is 0 Å². The molecule has 1 aromatic carbocycles. The lowest BCUT2D eigenvalue weighted by Gasteiger charge is -2.15. The van der Waals surface area contributed by atoms with E-state index in [1.54, 1.807) is 0 Å². The van der Waals surface area contributed by atoms with Gasteiger partial charge in [0.15, 0.2) is 0 Å². The van der Waals surface area contributed by atoms with Gasteiger partial charge >= 0.3 is 0 Å². The average molecular weight is 256 g/mol. The highest BCUT2D eigenvalue weighted by Gasteiger charge is 2.21. The van der Waals surface area contributed by atoms with Crippen LogP contribution in [0.1, 0.15) is 24.1 Å². The number of fused-ring (bicyclic) bond motifs is 1. The van der Waals surface area contributed by atoms with Gasteiger partial charge in [-0.05, 0) is 12.0 Å². The molecule has 1 aliphatic heterocycles. The summed E-state index contributed by atoms with van der Waals surface area (Å²) < 4.78 is 1.94. The Morgan fingerprint density at radius 2 is 1.95 bits per heavy atom. The van der Waals surface area contributed by atoms with Crippen LogP contribution < -0.4 is 10.6 Å². The molecule has 2 N–H and O–H groups in total. The number of nitrogens with zero attached hydrogens (tertiary/aromatic N) is 2. The van der Waals surface area contributed by atoms with Gasteiger partial charge in [-0.25, -0.2) is 0 Å². The number of nitrogens with one attached hydrogen (secondary N) is 2. The number of rotatable bonds is 2. The van der Waals surface area contributed by atoms with Gasteiger partial charge < -0.3 is 10.6 Å². The normalized spacial score (nSPS) is 18.1. The molecule has 0 saturated carbocycles. The Kier molecular flexibility index (Phi) is 3.15. The number of benzene rings is 1. The molecule has 3 rings (SSSR count). The Bertz CT molecular complexity index is 559. The van der Waals surface area contributed by atoms with Gasteiger partial charge in [-0.15, -0.1) is 0 Å². The molecule has 0 spiro atoms. The van der Waals surface area contributed by atoms with Crippen LogP contribution in [0.5, 0.6) is 0 Å². The number of anilines is 2. The molecular formula is C15H20N4. The summed E-state index contributed by atoms with van der Waals surface area (Å²) in [6.07, 6.45) is 0.952. The molecule has 0 amide bonds. The highest BCUT2D eigenvalue weighted by atomic mass is 15.3. The van der Waals surface area contributed by atoms with E-state index in [0.717, 1.165) is 31.0 Å². The van der Waals surface area contributed by atoms with E-state index in [9.17, 15) is 0 Å². The second kappa shape index (κ2) is 4.96. The van der Waals surface area contributed by atoms with E-state index in [1.165, 1.54) is 11.3 Å². The highest BCUT2D eigenvalue weighted by Crippen LogP contribution is 2.30. The fraction of sp³-hybridized carbons (Fsp3) is 0.400. The predicted molar refractivity (Wildman–Crippen MR) is 78.7 cm³/mol. The monoisotopic (exact) mass is 256 g/mol. The van der Waals surface area contributed by atoms with E-state index in [0.29, 0.717) is 5.92 Å². The van der Waals surface area contributed by atoms with Crippen molar-refractivity contribution in [3.05, 3.63) is 41.6 Å². The van der Waals surface area contributed by atoms with Crippen LogP contribution in [0.2, 0.25) is 0 Å². The van der Waals surface area contributed by atoms with Crippen LogP contribution in [0.25, 0.3) is 0 Å². The molecule has 0 aliphatic carbocycles. The van der Waals surface area contributed by atoms with Gasteiger partial charge in [-0.3, -0.25) is 4.68 Å². The van der Waals surface area contributed by atoms with Crippen molar-refractivity contribution in [2.24, 2.45) is 7.05 Å². The van der Waals surface area contributed by atoms with Crippen LogP contribution in [0.15, 0.2) is 30.3 Å². The first kappa shape index (κ1) is 12.1. The van der Waals surface area contributed by atoms with Crippen LogP contribution in [-0.2, 0) is 13.5 Å². The molecule has 0 radical (unpaired) electrons. The summed E-state index contributed by atoms with van der Waals surface area (Å²) in [6, 6.07) is 10.7. The van der Waals surface area contributed by atoms with E-state index in [1.807, 2.05) is 11.7 Å². The Morgan fingerprint density at radius 1 is 1.21 bits per heavy atom. The van der Waals surface area contributed by atoms with E-state index >= 15 is 0 Å². The number of aryl methyl sites for hydroxylation is 2. The largest absolute Gasteiger partial charge is 0.380 e. The first-order chi connectivity index (χ1) is 9.29. The lowest BCUT2D eigenvalue weighted by Crippen LogP contribution is -2.18. The maximum Gasteiger partial charge on any atom is 0.148 e. The molecule has 1 aliphatic rings. The van der Waals surface area contributed by atoms with Crippen LogP contribution >= 0.6 is 0 Å². The average Bonchev–Trinajstić information content (AvgIpc) is 2.64. The Morgan fingerprint density at radius 3 is 2.68 bits per heavy atom. The van der Waals surface area contributed by atoms with Gasteiger partial charge in [-0.2, -0.15) is 5.10 Å². The van der Waals surface area contributed by atoms with Crippen LogP contribution in [-0.4, -0.2) is 22.9 Å². The van der Waals surface area contributed by atoms with Gasteiger partial charge in [0.1, 0.15) is 11.5 Å². The summed E-state index contributed by atoms with van der Waals surface area (Å²) in [5.74, 6) is 1.59. The van der Waals surface area contributed by atoms with Gasteiger partial charge in [0.25, 0.3) is 0 Å². The van der Waals surface area contributed by atoms with Crippen molar-refractivity contribution in [3.8, 4) is 0 Å². The molecule has 1 atom stereocenters. The van der Waals surface area contributed by atoms with Crippen molar-refractivity contribution < 1.29 is 0 Å². The molecule has 2 aromatic rings. The van der Waals surface area contributed by atoms with Crippen molar-refractivity contribution in [1.82, 2.24) is 9.78 Å². The summed E-state index contributed by atoms with van der Waals surface area (Å²) in [4.78, 5) is 0. The maximum atomic E-state index is 4.54. The van der Waals surface area contributed by atoms with E-state index in [-0.39, 0.29) is 0 Å². The van der Waals surface area contributed by atoms with Gasteiger partial charge in [-0.1, -0.05) is 37.3 Å². The second-order valence-electron chi connectivity index (χ2n) is 5.02. The minimum atomic E-state index is 0.485. The fourth-order valence-corrected chi connectivity index (χ4v) is 2.69. The third kappa shape index (κ3) is 2.18. The van der Waals surface area contributed by atoms with Crippen LogP contribution in [0.4, 0.5) is 11.5 Å². The number of aromatic nitrogens is 2. The lowest BCUT2D eigenvalue weighted by molar-refractivity contribution is 0.723. The first-order valence-electron chi connectivity index (χ1n) is 6.88. The zero-order valence-corrected chi connectivity index (χ0v) is 11.5. The van der Waals surface area contributed by atoms with Gasteiger partial charge in [0, 0.05) is 26.1 Å². The SMILES string of the molecule is CCc1nn(C)c2c1NCC(c1ccccc1)CN2. The van der Waals surface area contributed by atoms with E-state index < -0.39 is 0 Å². The fourth-order valence-electron chi connectivity index (χ4n) is 2.69. The lowest BCUT2D eigenvalue weighted by atomic mass is 9.99. The summed E-state index contributed by atoms with van der Waals surface area (Å²) in [6.45, 7) is 4.03. The first-order valence-corrected chi connectivity index (χ1v) is 6.88. The zero-order valence-electron chi connectivity index (χ0n) is 11.5. The van der Waals surface area contributed by atoms with Crippen molar-refractivity contribution in [2.75, 3.05) is 23.7 Å². The second-order valence-corrected chi connectivity index (χ2v) is 5.02. The Balaban J connectivity index is 1.85. The molecule has 0 bridgehead atoms. The summed E-state index contributed by atoms with van der Waals surface area (Å²) >= 11 is 0. The molecular weight excluding hydrogens is 236 g/mol. The van der Waals surface area contributed by atoms with Crippen molar-refractivity contribution in [2.45, 2.75) is 19.3 Å². The minimum absolute atomic E-state index is 0.485. The van der Waals surface area contributed by atoms with Crippen LogP contribution in [0.3, 0.4) is 0 Å². The predicted octanol–water partition coefficient (Wildman–Crippen LogP) is 2.60. The molecule has 0 saturated heterocycles. The molecule has 2 heterocycles. The standard InChI is InChI=1S/C15H20N4/c1-3-13-14-15(19(2)18-13)17-10-12(9-16-14)11-7-5-4-6-8-11/h4-8,12,16-17H,3,9-10H2,1-2H3. The van der Waals surface area contributed by atoms with Crippen molar-refractivity contribution in [1.29, 1.82) is 0 Å². The quantitative estimate of drug-likeness (QED) is 0.868. The maximum absolute atomic E-state index is 4.54. The molecule has 1 unspecified atom stereocenters. The van der Waals surface area contributed by atoms with Crippen LogP contribution in [0, 0.1) is 0 Å².